The van der Waals surface area contributed by atoms with E-state index in [1.807, 2.05) is 5.38 Å². The molecule has 1 aromatic rings. The number of aromatic nitrogens is 1. The zero-order valence-electron chi connectivity index (χ0n) is 11.1. The third-order valence-corrected chi connectivity index (χ3v) is 9.47. The summed E-state index contributed by atoms with van der Waals surface area (Å²) in [6.07, 6.45) is 3.64. The molecule has 1 heterocycles. The number of hydrogen-bond acceptors (Lipinski definition) is 3. The first-order chi connectivity index (χ1) is 9.30. The number of nitrogens with zero attached hydrogens (tertiary/aromatic N) is 1. The summed E-state index contributed by atoms with van der Waals surface area (Å²) in [5.74, 6) is 0.0908. The smallest absolute Gasteiger partial charge is 0.234 e. The van der Waals surface area contributed by atoms with E-state index in [9.17, 15) is 4.79 Å². The second kappa shape index (κ2) is 4.77. The summed E-state index contributed by atoms with van der Waals surface area (Å²) in [6.45, 7) is 4.41. The van der Waals surface area contributed by atoms with E-state index < -0.39 is 0 Å². The summed E-state index contributed by atoms with van der Waals surface area (Å²) in [4.78, 5) is 17.2. The molecule has 3 fully saturated rings. The van der Waals surface area contributed by atoms with Crippen LogP contribution in [0, 0.1) is 16.2 Å². The summed E-state index contributed by atoms with van der Waals surface area (Å²) in [6, 6.07) is 0. The maximum absolute atomic E-state index is 12.9. The molecule has 110 valence electrons. The second-order valence-corrected chi connectivity index (χ2v) is 11.0. The summed E-state index contributed by atoms with van der Waals surface area (Å²) < 4.78 is 0.199. The van der Waals surface area contributed by atoms with Gasteiger partial charge in [-0.2, -0.15) is 0 Å². The number of fused-ring (bicyclic) bond motifs is 1. The number of carbonyl (C=O) groups is 1. The molecule has 7 heteroatoms. The van der Waals surface area contributed by atoms with E-state index in [4.69, 9.17) is 0 Å². The van der Waals surface area contributed by atoms with Crippen molar-refractivity contribution in [3.05, 3.63) is 11.6 Å². The standard InChI is InChI=1S/C13H15Br3N2OS/c1-11(2)12(8(15)16)3-4-13(11,7(12)14)9(19)18-10-17-5-6-20-10/h5-8H,3-4H2,1-2H3,(H,17,18,19)/t7-,12-,13+/m1/s1. The molecule has 1 N–H and O–H groups in total. The largest absolute Gasteiger partial charge is 0.301 e. The Morgan fingerprint density at radius 1 is 1.50 bits per heavy atom. The Labute approximate surface area is 147 Å². The van der Waals surface area contributed by atoms with E-state index in [2.05, 4.69) is 71.9 Å². The van der Waals surface area contributed by atoms with E-state index in [-0.39, 0.29) is 30.7 Å². The number of anilines is 1. The Balaban J connectivity index is 1.93. The lowest BCUT2D eigenvalue weighted by atomic mass is 9.43. The number of carbonyl (C=O) groups excluding carboxylic acids is 1. The number of rotatable bonds is 3. The van der Waals surface area contributed by atoms with Crippen molar-refractivity contribution in [1.82, 2.24) is 4.98 Å². The molecule has 0 aliphatic heterocycles. The van der Waals surface area contributed by atoms with Crippen molar-refractivity contribution in [2.24, 2.45) is 16.2 Å². The van der Waals surface area contributed by atoms with Crippen molar-refractivity contribution >= 4 is 70.2 Å². The molecule has 0 aromatic carbocycles. The molecule has 3 aliphatic rings. The lowest BCUT2D eigenvalue weighted by molar-refractivity contribution is -0.155. The first-order valence-electron chi connectivity index (χ1n) is 6.44. The van der Waals surface area contributed by atoms with Gasteiger partial charge in [0.05, 0.1) is 9.15 Å². The highest BCUT2D eigenvalue weighted by molar-refractivity contribution is 9.24. The van der Waals surface area contributed by atoms with Gasteiger partial charge in [-0.05, 0) is 18.3 Å². The summed E-state index contributed by atoms with van der Waals surface area (Å²) in [5.41, 5.74) is -0.376. The van der Waals surface area contributed by atoms with Gasteiger partial charge in [-0.25, -0.2) is 4.98 Å². The van der Waals surface area contributed by atoms with Crippen molar-refractivity contribution in [3.63, 3.8) is 0 Å². The fourth-order valence-electron chi connectivity index (χ4n) is 4.19. The Morgan fingerprint density at radius 2 is 2.20 bits per heavy atom. The second-order valence-electron chi connectivity index (χ2n) is 6.09. The molecule has 1 amide bonds. The van der Waals surface area contributed by atoms with Gasteiger partial charge in [0.2, 0.25) is 5.91 Å². The Hall–Kier alpha value is 0.540. The van der Waals surface area contributed by atoms with E-state index in [1.54, 1.807) is 6.20 Å². The number of thiazole rings is 1. The average Bonchev–Trinajstić information content (AvgIpc) is 3.01. The average molecular weight is 487 g/mol. The minimum Gasteiger partial charge on any atom is -0.301 e. The Bertz CT molecular complexity index is 548. The van der Waals surface area contributed by atoms with E-state index in [0.717, 1.165) is 12.8 Å². The number of halogens is 3. The Morgan fingerprint density at radius 3 is 2.65 bits per heavy atom. The Kier molecular flexibility index (Phi) is 3.68. The first-order valence-corrected chi connectivity index (χ1v) is 10.1. The van der Waals surface area contributed by atoms with E-state index >= 15 is 0 Å². The van der Waals surface area contributed by atoms with Crippen LogP contribution in [0.5, 0.6) is 0 Å². The van der Waals surface area contributed by atoms with Gasteiger partial charge in [0.15, 0.2) is 5.13 Å². The number of amides is 1. The highest BCUT2D eigenvalue weighted by Gasteiger charge is 2.83. The van der Waals surface area contributed by atoms with Crippen molar-refractivity contribution in [1.29, 1.82) is 0 Å². The number of nitrogens with one attached hydrogen (secondary N) is 1. The highest BCUT2D eigenvalue weighted by atomic mass is 79.9. The van der Waals surface area contributed by atoms with Gasteiger partial charge in [-0.1, -0.05) is 61.6 Å². The van der Waals surface area contributed by atoms with Crippen molar-refractivity contribution < 1.29 is 4.79 Å². The molecule has 4 rings (SSSR count). The molecule has 20 heavy (non-hydrogen) atoms. The van der Waals surface area contributed by atoms with Crippen LogP contribution in [0.2, 0.25) is 0 Å². The quantitative estimate of drug-likeness (QED) is 0.625. The van der Waals surface area contributed by atoms with Crippen LogP contribution >= 0.6 is 59.1 Å². The molecule has 2 bridgehead atoms. The fraction of sp³-hybridized carbons (Fsp3) is 0.692. The monoisotopic (exact) mass is 484 g/mol. The number of hydrogen-bond donors (Lipinski definition) is 1. The zero-order chi connectivity index (χ0) is 14.8. The van der Waals surface area contributed by atoms with Gasteiger partial charge < -0.3 is 5.32 Å². The van der Waals surface area contributed by atoms with Crippen LogP contribution in [-0.2, 0) is 4.79 Å². The third kappa shape index (κ3) is 1.56. The van der Waals surface area contributed by atoms with Crippen molar-refractivity contribution in [3.8, 4) is 0 Å². The molecule has 3 atom stereocenters. The normalized spacial score (nSPS) is 37.8. The minimum atomic E-state index is -0.363. The van der Waals surface area contributed by atoms with Crippen LogP contribution < -0.4 is 5.32 Å². The molecule has 0 unspecified atom stereocenters. The summed E-state index contributed by atoms with van der Waals surface area (Å²) >= 11 is 12.6. The molecule has 0 spiro atoms. The first kappa shape index (κ1) is 15.4. The van der Waals surface area contributed by atoms with Crippen LogP contribution in [-0.4, -0.2) is 19.5 Å². The van der Waals surface area contributed by atoms with Crippen LogP contribution in [0.25, 0.3) is 0 Å². The summed E-state index contributed by atoms with van der Waals surface area (Å²) in [5, 5.41) is 5.54. The maximum Gasteiger partial charge on any atom is 0.234 e. The van der Waals surface area contributed by atoms with Crippen LogP contribution in [0.1, 0.15) is 26.7 Å². The molecular weight excluding hydrogens is 472 g/mol. The van der Waals surface area contributed by atoms with Gasteiger partial charge in [0, 0.05) is 21.8 Å². The molecule has 0 saturated heterocycles. The molecular formula is C13H15Br3N2OS. The minimum absolute atomic E-state index is 0.0627. The maximum atomic E-state index is 12.9. The molecule has 3 aliphatic carbocycles. The van der Waals surface area contributed by atoms with E-state index in [1.165, 1.54) is 11.3 Å². The number of alkyl halides is 3. The molecule has 0 radical (unpaired) electrons. The fourth-order valence-corrected chi connectivity index (χ4v) is 9.63. The lowest BCUT2D eigenvalue weighted by Gasteiger charge is -2.66. The van der Waals surface area contributed by atoms with Gasteiger partial charge in [0.1, 0.15) is 0 Å². The highest BCUT2D eigenvalue weighted by Crippen LogP contribution is 2.82. The SMILES string of the molecule is CC1(C)[C@]2(C(Br)Br)CC[C@@]1(C(=O)Nc1nccs1)[C@@H]2Br. The van der Waals surface area contributed by atoms with Gasteiger partial charge in [-0.15, -0.1) is 11.3 Å². The predicted molar refractivity (Wildman–Crippen MR) is 93.0 cm³/mol. The van der Waals surface area contributed by atoms with Gasteiger partial charge in [0.25, 0.3) is 0 Å². The van der Waals surface area contributed by atoms with E-state index in [0.29, 0.717) is 5.13 Å². The zero-order valence-corrected chi connectivity index (χ0v) is 16.7. The molecule has 3 saturated carbocycles. The van der Waals surface area contributed by atoms with Gasteiger partial charge >= 0.3 is 0 Å². The van der Waals surface area contributed by atoms with Crippen LogP contribution in [0.15, 0.2) is 11.6 Å². The molecule has 1 aromatic heterocycles. The summed E-state index contributed by atoms with van der Waals surface area (Å²) in [7, 11) is 0. The van der Waals surface area contributed by atoms with Crippen molar-refractivity contribution in [2.45, 2.75) is 35.3 Å². The lowest BCUT2D eigenvalue weighted by Crippen LogP contribution is -2.71. The predicted octanol–water partition coefficient (Wildman–Crippen LogP) is 4.77. The van der Waals surface area contributed by atoms with Gasteiger partial charge in [-0.3, -0.25) is 4.79 Å². The van der Waals surface area contributed by atoms with Crippen LogP contribution in [0.3, 0.4) is 0 Å². The molecule has 3 nitrogen and oxygen atoms in total. The van der Waals surface area contributed by atoms with Crippen molar-refractivity contribution in [2.75, 3.05) is 5.32 Å². The topological polar surface area (TPSA) is 42.0 Å². The van der Waals surface area contributed by atoms with Crippen LogP contribution in [0.4, 0.5) is 5.13 Å². The third-order valence-electron chi connectivity index (χ3n) is 5.54.